The van der Waals surface area contributed by atoms with Crippen molar-refractivity contribution >= 4 is 43.6 Å². The highest BCUT2D eigenvalue weighted by Gasteiger charge is 2.17. The minimum Gasteiger partial charge on any atom is -0.457 e. The van der Waals surface area contributed by atoms with Crippen molar-refractivity contribution in [2.24, 2.45) is 0 Å². The molecule has 0 aliphatic heterocycles. The fourth-order valence-corrected chi connectivity index (χ4v) is 7.25. The van der Waals surface area contributed by atoms with Crippen LogP contribution in [0.2, 0.25) is 0 Å². The van der Waals surface area contributed by atoms with Gasteiger partial charge in [0.15, 0.2) is 5.82 Å². The van der Waals surface area contributed by atoms with Gasteiger partial charge in [-0.25, -0.2) is 19.9 Å². The molecule has 8 heteroatoms. The highest BCUT2D eigenvalue weighted by Crippen LogP contribution is 2.39. The van der Waals surface area contributed by atoms with Crippen LogP contribution in [0.15, 0.2) is 158 Å². The van der Waals surface area contributed by atoms with E-state index < -0.39 is 0 Å². The number of rotatable bonds is 7. The summed E-state index contributed by atoms with van der Waals surface area (Å²) in [4.78, 5) is 18.9. The molecular formula is C46H32N6O2. The van der Waals surface area contributed by atoms with E-state index in [2.05, 4.69) is 96.9 Å². The number of pyridine rings is 2. The van der Waals surface area contributed by atoms with Crippen LogP contribution >= 0.6 is 0 Å². The second-order valence-corrected chi connectivity index (χ2v) is 13.3. The van der Waals surface area contributed by atoms with E-state index in [9.17, 15) is 0 Å². The van der Waals surface area contributed by atoms with E-state index in [0.29, 0.717) is 28.8 Å². The lowest BCUT2D eigenvalue weighted by atomic mass is 10.1. The molecule has 258 valence electrons. The monoisotopic (exact) mass is 700 g/mol. The minimum absolute atomic E-state index is 0.588. The van der Waals surface area contributed by atoms with Crippen molar-refractivity contribution in [1.29, 1.82) is 0 Å². The second kappa shape index (κ2) is 12.7. The Labute approximate surface area is 310 Å². The third kappa shape index (κ3) is 5.40. The van der Waals surface area contributed by atoms with Gasteiger partial charge in [-0.3, -0.25) is 9.13 Å². The van der Waals surface area contributed by atoms with Crippen LogP contribution in [-0.4, -0.2) is 29.1 Å². The first-order chi connectivity index (χ1) is 26.6. The third-order valence-corrected chi connectivity index (χ3v) is 9.88. The molecule has 0 N–H and O–H groups in total. The summed E-state index contributed by atoms with van der Waals surface area (Å²) in [7, 11) is 0. The number of fused-ring (bicyclic) bond motifs is 6. The molecule has 10 aromatic rings. The van der Waals surface area contributed by atoms with E-state index >= 15 is 0 Å². The molecular weight excluding hydrogens is 669 g/mol. The van der Waals surface area contributed by atoms with Gasteiger partial charge in [-0.2, -0.15) is 0 Å². The zero-order chi connectivity index (χ0) is 36.2. The summed E-state index contributed by atoms with van der Waals surface area (Å²) in [6, 6.07) is 46.8. The van der Waals surface area contributed by atoms with Gasteiger partial charge in [0, 0.05) is 69.6 Å². The van der Waals surface area contributed by atoms with Crippen LogP contribution in [0.4, 0.5) is 0 Å². The summed E-state index contributed by atoms with van der Waals surface area (Å²) in [5.74, 6) is 4.79. The first kappa shape index (κ1) is 31.4. The lowest BCUT2D eigenvalue weighted by molar-refractivity contribution is 0.461. The molecule has 0 radical (unpaired) electrons. The van der Waals surface area contributed by atoms with E-state index in [-0.39, 0.29) is 0 Å². The predicted octanol–water partition coefficient (Wildman–Crippen LogP) is 11.3. The Bertz CT molecular complexity index is 2850. The van der Waals surface area contributed by atoms with Gasteiger partial charge in [0.1, 0.15) is 34.6 Å². The Morgan fingerprint density at radius 2 is 0.944 bits per heavy atom. The molecule has 0 atom stereocenters. The highest BCUT2D eigenvalue weighted by atomic mass is 16.5. The number of aryl methyl sites for hydroxylation is 2. The van der Waals surface area contributed by atoms with Gasteiger partial charge in [-0.05, 0) is 92.2 Å². The SMILES string of the molecule is Cc1cnc(-c2cc(Oc3ccc4c5ccccc5n(-c5ccccn5)c4c3)cc(Oc3ccc4c5ccccc5n(-c5ccccn5)c4c3)c2)nc1C. The summed E-state index contributed by atoms with van der Waals surface area (Å²) < 4.78 is 17.7. The standard InChI is InChI=1S/C46H32N6O2/c1-29-28-49-46(50-30(29)2)31-23-34(53-32-17-19-38-36-11-3-5-13-40(36)51(42(38)26-32)44-15-7-9-21-47-44)25-35(24-31)54-33-18-20-39-37-12-4-6-14-41(37)52(43(39)27-33)45-16-8-10-22-48-45/h3-28H,1-2H3. The van der Waals surface area contributed by atoms with Crippen molar-refractivity contribution in [2.45, 2.75) is 13.8 Å². The van der Waals surface area contributed by atoms with Crippen LogP contribution in [0.5, 0.6) is 23.0 Å². The maximum Gasteiger partial charge on any atom is 0.159 e. The van der Waals surface area contributed by atoms with Crippen LogP contribution in [0, 0.1) is 13.8 Å². The summed E-state index contributed by atoms with van der Waals surface area (Å²) in [6.45, 7) is 4.00. The molecule has 5 aromatic carbocycles. The Hall–Kier alpha value is -7.32. The van der Waals surface area contributed by atoms with Crippen molar-refractivity contribution in [2.75, 3.05) is 0 Å². The van der Waals surface area contributed by atoms with Crippen LogP contribution in [-0.2, 0) is 0 Å². The van der Waals surface area contributed by atoms with Gasteiger partial charge >= 0.3 is 0 Å². The number of aromatic nitrogens is 6. The Kier molecular flexibility index (Phi) is 7.40. The zero-order valence-electron chi connectivity index (χ0n) is 29.5. The average molecular weight is 701 g/mol. The third-order valence-electron chi connectivity index (χ3n) is 9.88. The molecule has 0 unspecified atom stereocenters. The molecule has 10 rings (SSSR count). The van der Waals surface area contributed by atoms with Gasteiger partial charge in [0.05, 0.1) is 22.1 Å². The smallest absolute Gasteiger partial charge is 0.159 e. The average Bonchev–Trinajstić information content (AvgIpc) is 3.71. The molecule has 0 saturated carbocycles. The van der Waals surface area contributed by atoms with Gasteiger partial charge in [-0.1, -0.05) is 48.5 Å². The molecule has 8 nitrogen and oxygen atoms in total. The summed E-state index contributed by atoms with van der Waals surface area (Å²) >= 11 is 0. The minimum atomic E-state index is 0.588. The van der Waals surface area contributed by atoms with Crippen molar-refractivity contribution in [3.63, 3.8) is 0 Å². The van der Waals surface area contributed by atoms with E-state index in [0.717, 1.165) is 72.1 Å². The fourth-order valence-electron chi connectivity index (χ4n) is 7.25. The van der Waals surface area contributed by atoms with E-state index in [4.69, 9.17) is 14.5 Å². The lowest BCUT2D eigenvalue weighted by Gasteiger charge is -2.13. The summed E-state index contributed by atoms with van der Waals surface area (Å²) in [5, 5.41) is 4.52. The lowest BCUT2D eigenvalue weighted by Crippen LogP contribution is -1.97. The number of hydrogen-bond donors (Lipinski definition) is 0. The van der Waals surface area contributed by atoms with Crippen LogP contribution in [0.25, 0.3) is 66.6 Å². The number of hydrogen-bond acceptors (Lipinski definition) is 6. The Morgan fingerprint density at radius 1 is 0.444 bits per heavy atom. The molecule has 0 amide bonds. The number of nitrogens with zero attached hydrogens (tertiary/aromatic N) is 6. The molecule has 0 saturated heterocycles. The van der Waals surface area contributed by atoms with Gasteiger partial charge in [0.2, 0.25) is 0 Å². The first-order valence-electron chi connectivity index (χ1n) is 17.8. The van der Waals surface area contributed by atoms with Crippen LogP contribution in [0.1, 0.15) is 11.3 Å². The molecule has 0 bridgehead atoms. The Balaban J connectivity index is 1.08. The van der Waals surface area contributed by atoms with E-state index in [1.54, 1.807) is 0 Å². The first-order valence-corrected chi connectivity index (χ1v) is 17.8. The van der Waals surface area contributed by atoms with E-state index in [1.165, 1.54) is 0 Å². The molecule has 5 heterocycles. The van der Waals surface area contributed by atoms with Crippen molar-refractivity contribution in [3.05, 3.63) is 169 Å². The normalized spacial score (nSPS) is 11.5. The molecule has 5 aromatic heterocycles. The van der Waals surface area contributed by atoms with Crippen molar-refractivity contribution in [1.82, 2.24) is 29.1 Å². The van der Waals surface area contributed by atoms with Gasteiger partial charge in [0.25, 0.3) is 0 Å². The van der Waals surface area contributed by atoms with Crippen molar-refractivity contribution in [3.8, 4) is 46.0 Å². The molecule has 0 spiro atoms. The van der Waals surface area contributed by atoms with Crippen molar-refractivity contribution < 1.29 is 9.47 Å². The summed E-state index contributed by atoms with van der Waals surface area (Å²) in [6.07, 6.45) is 5.47. The highest BCUT2D eigenvalue weighted by molar-refractivity contribution is 6.10. The number of benzene rings is 5. The maximum absolute atomic E-state index is 6.67. The molecule has 0 aliphatic carbocycles. The Morgan fingerprint density at radius 3 is 1.44 bits per heavy atom. The predicted molar refractivity (Wildman–Crippen MR) is 214 cm³/mol. The van der Waals surface area contributed by atoms with Gasteiger partial charge < -0.3 is 9.47 Å². The quantitative estimate of drug-likeness (QED) is 0.165. The number of para-hydroxylation sites is 2. The topological polar surface area (TPSA) is 79.9 Å². The van der Waals surface area contributed by atoms with Gasteiger partial charge in [-0.15, -0.1) is 0 Å². The largest absolute Gasteiger partial charge is 0.457 e. The summed E-state index contributed by atoms with van der Waals surface area (Å²) in [5.41, 5.74) is 6.85. The molecule has 54 heavy (non-hydrogen) atoms. The zero-order valence-corrected chi connectivity index (χ0v) is 29.5. The van der Waals surface area contributed by atoms with E-state index in [1.807, 2.05) is 99.2 Å². The number of ether oxygens (including phenoxy) is 2. The molecule has 0 aliphatic rings. The van der Waals surface area contributed by atoms with Crippen LogP contribution in [0.3, 0.4) is 0 Å². The maximum atomic E-state index is 6.67. The van der Waals surface area contributed by atoms with Crippen LogP contribution < -0.4 is 9.47 Å². The fraction of sp³-hybridized carbons (Fsp3) is 0.0435. The second-order valence-electron chi connectivity index (χ2n) is 13.3. The molecule has 0 fully saturated rings.